The van der Waals surface area contributed by atoms with Crippen LogP contribution in [0.4, 0.5) is 0 Å². The van der Waals surface area contributed by atoms with Gasteiger partial charge in [-0.25, -0.2) is 0 Å². The van der Waals surface area contributed by atoms with Crippen LogP contribution in [0.3, 0.4) is 0 Å². The number of ether oxygens (including phenoxy) is 1. The van der Waals surface area contributed by atoms with Gasteiger partial charge < -0.3 is 9.84 Å². The van der Waals surface area contributed by atoms with Crippen molar-refractivity contribution >= 4 is 0 Å². The minimum atomic E-state index is -0.569. The molecule has 1 N–H and O–H groups in total. The molecule has 2 nitrogen and oxygen atoms in total. The molecule has 0 bridgehead atoms. The third-order valence-electron chi connectivity index (χ3n) is 5.36. The van der Waals surface area contributed by atoms with Crippen LogP contribution in [0.25, 0.3) is 0 Å². The first-order valence-corrected chi connectivity index (χ1v) is 7.51. The Morgan fingerprint density at radius 1 is 1.39 bits per heavy atom. The fraction of sp³-hybridized carbons (Fsp3) is 0.875. The van der Waals surface area contributed by atoms with Gasteiger partial charge in [0.15, 0.2) is 0 Å². The first kappa shape index (κ1) is 13.9. The van der Waals surface area contributed by atoms with Crippen molar-refractivity contribution in [1.82, 2.24) is 0 Å². The van der Waals surface area contributed by atoms with E-state index in [1.807, 2.05) is 6.26 Å². The van der Waals surface area contributed by atoms with E-state index in [1.54, 1.807) is 0 Å². The van der Waals surface area contributed by atoms with Crippen LogP contribution in [0, 0.1) is 11.3 Å². The van der Waals surface area contributed by atoms with Crippen LogP contribution in [-0.2, 0) is 4.74 Å². The number of hydrogen-bond donors (Lipinski definition) is 1. The van der Waals surface area contributed by atoms with Gasteiger partial charge in [-0.2, -0.15) is 0 Å². The number of aliphatic hydroxyl groups is 1. The maximum absolute atomic E-state index is 10.8. The molecule has 0 aromatic heterocycles. The van der Waals surface area contributed by atoms with Gasteiger partial charge >= 0.3 is 0 Å². The summed E-state index contributed by atoms with van der Waals surface area (Å²) in [7, 11) is 0. The van der Waals surface area contributed by atoms with Gasteiger partial charge in [-0.3, -0.25) is 0 Å². The average molecular weight is 252 g/mol. The zero-order valence-corrected chi connectivity index (χ0v) is 12.2. The molecular formula is C16H28O2. The van der Waals surface area contributed by atoms with Crippen LogP contribution in [0.2, 0.25) is 0 Å². The molecule has 2 aliphatic rings. The van der Waals surface area contributed by atoms with Gasteiger partial charge in [0.05, 0.1) is 18.5 Å². The van der Waals surface area contributed by atoms with Crippen molar-refractivity contribution in [3.63, 3.8) is 0 Å². The second-order valence-electron chi connectivity index (χ2n) is 6.77. The van der Waals surface area contributed by atoms with E-state index in [1.165, 1.54) is 6.42 Å². The molecular weight excluding hydrogens is 224 g/mol. The van der Waals surface area contributed by atoms with Crippen LogP contribution in [0.5, 0.6) is 0 Å². The molecule has 18 heavy (non-hydrogen) atoms. The standard InChI is InChI=1S/C16H28O2/c1-4-15(2,3)13-7-9-16(17,10-8-13)14-6-5-11-18-12-14/h12-13,17H,4-11H2,1-3H3. The summed E-state index contributed by atoms with van der Waals surface area (Å²) in [5.41, 5.74) is 0.987. The van der Waals surface area contributed by atoms with Crippen LogP contribution in [0.15, 0.2) is 11.8 Å². The Bertz CT molecular complexity index is 309. The number of rotatable bonds is 3. The van der Waals surface area contributed by atoms with E-state index < -0.39 is 5.60 Å². The van der Waals surface area contributed by atoms with E-state index in [2.05, 4.69) is 20.8 Å². The summed E-state index contributed by atoms with van der Waals surface area (Å²) in [6.07, 6.45) is 9.24. The Kier molecular flexibility index (Phi) is 4.05. The summed E-state index contributed by atoms with van der Waals surface area (Å²) in [5, 5.41) is 10.8. The highest BCUT2D eigenvalue weighted by Crippen LogP contribution is 2.46. The molecule has 0 saturated heterocycles. The van der Waals surface area contributed by atoms with Crippen molar-refractivity contribution in [2.45, 2.75) is 71.3 Å². The van der Waals surface area contributed by atoms with Crippen molar-refractivity contribution in [3.05, 3.63) is 11.8 Å². The predicted molar refractivity (Wildman–Crippen MR) is 74.2 cm³/mol. The average Bonchev–Trinajstić information content (AvgIpc) is 2.40. The van der Waals surface area contributed by atoms with Crippen molar-refractivity contribution in [2.75, 3.05) is 6.61 Å². The van der Waals surface area contributed by atoms with Crippen LogP contribution in [-0.4, -0.2) is 17.3 Å². The molecule has 0 amide bonds. The monoisotopic (exact) mass is 252 g/mol. The zero-order chi connectivity index (χ0) is 13.2. The summed E-state index contributed by atoms with van der Waals surface area (Å²) in [5.74, 6) is 0.757. The largest absolute Gasteiger partial charge is 0.501 e. The molecule has 0 unspecified atom stereocenters. The molecule has 0 atom stereocenters. The summed E-state index contributed by atoms with van der Waals surface area (Å²) < 4.78 is 5.39. The molecule has 1 aliphatic carbocycles. The van der Waals surface area contributed by atoms with Gasteiger partial charge in [-0.1, -0.05) is 27.2 Å². The molecule has 0 radical (unpaired) electrons. The molecule has 2 heteroatoms. The minimum Gasteiger partial charge on any atom is -0.501 e. The number of hydrogen-bond acceptors (Lipinski definition) is 2. The Morgan fingerprint density at radius 2 is 2.06 bits per heavy atom. The van der Waals surface area contributed by atoms with Gasteiger partial charge in [0.2, 0.25) is 0 Å². The van der Waals surface area contributed by atoms with Crippen molar-refractivity contribution in [3.8, 4) is 0 Å². The molecule has 0 spiro atoms. The molecule has 0 aromatic rings. The highest BCUT2D eigenvalue weighted by Gasteiger charge is 2.40. The van der Waals surface area contributed by atoms with Crippen LogP contribution >= 0.6 is 0 Å². The Morgan fingerprint density at radius 3 is 2.56 bits per heavy atom. The lowest BCUT2D eigenvalue weighted by molar-refractivity contribution is -0.00778. The van der Waals surface area contributed by atoms with Crippen molar-refractivity contribution in [1.29, 1.82) is 0 Å². The van der Waals surface area contributed by atoms with Crippen LogP contribution < -0.4 is 0 Å². The van der Waals surface area contributed by atoms with Gasteiger partial charge in [0.1, 0.15) is 0 Å². The highest BCUT2D eigenvalue weighted by molar-refractivity contribution is 5.17. The summed E-state index contributed by atoms with van der Waals surface area (Å²) in [6.45, 7) is 7.82. The van der Waals surface area contributed by atoms with Crippen LogP contribution in [0.1, 0.15) is 65.7 Å². The van der Waals surface area contributed by atoms with E-state index in [-0.39, 0.29) is 0 Å². The predicted octanol–water partition coefficient (Wildman–Crippen LogP) is 4.04. The third kappa shape index (κ3) is 2.74. The Hall–Kier alpha value is -0.500. The van der Waals surface area contributed by atoms with E-state index in [9.17, 15) is 5.11 Å². The first-order chi connectivity index (χ1) is 8.48. The summed E-state index contributed by atoms with van der Waals surface area (Å²) >= 11 is 0. The fourth-order valence-corrected chi connectivity index (χ4v) is 3.39. The Labute approximate surface area is 111 Å². The lowest BCUT2D eigenvalue weighted by Crippen LogP contribution is -2.40. The van der Waals surface area contributed by atoms with E-state index in [4.69, 9.17) is 4.74 Å². The molecule has 1 saturated carbocycles. The SMILES string of the molecule is CCC(C)(C)C1CCC(O)(C2=COCCC2)CC1. The maximum atomic E-state index is 10.8. The molecule has 1 fully saturated rings. The quantitative estimate of drug-likeness (QED) is 0.821. The van der Waals surface area contributed by atoms with Gasteiger partial charge in [0.25, 0.3) is 0 Å². The summed E-state index contributed by atoms with van der Waals surface area (Å²) in [6, 6.07) is 0. The van der Waals surface area contributed by atoms with Crippen molar-refractivity contribution < 1.29 is 9.84 Å². The normalized spacial score (nSPS) is 33.8. The van der Waals surface area contributed by atoms with E-state index >= 15 is 0 Å². The van der Waals surface area contributed by atoms with Crippen molar-refractivity contribution in [2.24, 2.45) is 11.3 Å². The van der Waals surface area contributed by atoms with E-state index in [0.29, 0.717) is 5.41 Å². The zero-order valence-electron chi connectivity index (χ0n) is 12.2. The Balaban J connectivity index is 1.99. The lowest BCUT2D eigenvalue weighted by Gasteiger charge is -2.43. The summed E-state index contributed by atoms with van der Waals surface area (Å²) in [4.78, 5) is 0. The van der Waals surface area contributed by atoms with Gasteiger partial charge in [-0.15, -0.1) is 0 Å². The fourth-order valence-electron chi connectivity index (χ4n) is 3.39. The maximum Gasteiger partial charge on any atom is 0.0889 e. The van der Waals surface area contributed by atoms with Gasteiger partial charge in [-0.05, 0) is 55.4 Å². The van der Waals surface area contributed by atoms with E-state index in [0.717, 1.165) is 56.6 Å². The smallest absolute Gasteiger partial charge is 0.0889 e. The minimum absolute atomic E-state index is 0.415. The molecule has 104 valence electrons. The topological polar surface area (TPSA) is 29.5 Å². The highest BCUT2D eigenvalue weighted by atomic mass is 16.5. The molecule has 1 heterocycles. The molecule has 0 aromatic carbocycles. The first-order valence-electron chi connectivity index (χ1n) is 7.51. The second-order valence-corrected chi connectivity index (χ2v) is 6.77. The lowest BCUT2D eigenvalue weighted by atomic mass is 9.65. The van der Waals surface area contributed by atoms with Gasteiger partial charge in [0, 0.05) is 0 Å². The molecule has 2 rings (SSSR count). The molecule has 1 aliphatic heterocycles. The second kappa shape index (κ2) is 5.24. The third-order valence-corrected chi connectivity index (χ3v) is 5.36.